The van der Waals surface area contributed by atoms with E-state index in [1.54, 1.807) is 6.07 Å². The number of piperazine rings is 1. The van der Waals surface area contributed by atoms with Gasteiger partial charge in [-0.1, -0.05) is 6.07 Å². The molecule has 0 aliphatic carbocycles. The normalized spacial score (nSPS) is 16.8. The minimum atomic E-state index is -1.03. The van der Waals surface area contributed by atoms with E-state index in [-0.39, 0.29) is 5.76 Å². The zero-order valence-corrected chi connectivity index (χ0v) is 10.6. The molecule has 2 heterocycles. The highest BCUT2D eigenvalue weighted by Gasteiger charge is 2.13. The molecule has 1 saturated heterocycles. The molecule has 3 rings (SSSR count). The van der Waals surface area contributed by atoms with Gasteiger partial charge in [0.05, 0.1) is 0 Å². The smallest absolute Gasteiger partial charge is 0.371 e. The second-order valence-corrected chi connectivity index (χ2v) is 4.81. The van der Waals surface area contributed by atoms with E-state index in [2.05, 4.69) is 10.2 Å². The number of nitrogens with one attached hydrogen (secondary N) is 1. The molecule has 1 aromatic heterocycles. The molecule has 2 N–H and O–H groups in total. The number of nitrogens with zero attached hydrogens (tertiary/aromatic N) is 1. The van der Waals surface area contributed by atoms with Crippen molar-refractivity contribution in [2.75, 3.05) is 26.2 Å². The first-order valence-corrected chi connectivity index (χ1v) is 6.41. The van der Waals surface area contributed by atoms with Crippen LogP contribution in [0, 0.1) is 0 Å². The van der Waals surface area contributed by atoms with Gasteiger partial charge in [-0.25, -0.2) is 4.79 Å². The first-order chi connectivity index (χ1) is 9.22. The molecular formula is C14H16N2O3. The maximum absolute atomic E-state index is 10.9. The second kappa shape index (κ2) is 5.03. The molecule has 1 aliphatic heterocycles. The summed E-state index contributed by atoms with van der Waals surface area (Å²) in [6, 6.07) is 7.44. The number of carboxylic acid groups (broad SMARTS) is 1. The molecule has 0 amide bonds. The van der Waals surface area contributed by atoms with Crippen LogP contribution in [0.3, 0.4) is 0 Å². The summed E-state index contributed by atoms with van der Waals surface area (Å²) in [6.07, 6.45) is 0. The summed E-state index contributed by atoms with van der Waals surface area (Å²) >= 11 is 0. The Morgan fingerprint density at radius 2 is 2.11 bits per heavy atom. The van der Waals surface area contributed by atoms with E-state index in [1.165, 1.54) is 5.56 Å². The van der Waals surface area contributed by atoms with Gasteiger partial charge in [0.1, 0.15) is 5.58 Å². The van der Waals surface area contributed by atoms with Crippen molar-refractivity contribution in [2.45, 2.75) is 6.54 Å². The standard InChI is InChI=1S/C14H16N2O3/c17-14(18)13-8-11-7-10(1-2-12(11)19-13)9-16-5-3-15-4-6-16/h1-2,7-8,15H,3-6,9H2,(H,17,18). The largest absolute Gasteiger partial charge is 0.475 e. The number of carboxylic acids is 1. The SMILES string of the molecule is O=C(O)c1cc2cc(CN3CCNCC3)ccc2o1. The van der Waals surface area contributed by atoms with Crippen LogP contribution in [-0.2, 0) is 6.54 Å². The Balaban J connectivity index is 1.82. The number of hydrogen-bond donors (Lipinski definition) is 2. The monoisotopic (exact) mass is 260 g/mol. The van der Waals surface area contributed by atoms with Gasteiger partial charge in [-0.15, -0.1) is 0 Å². The average molecular weight is 260 g/mol. The Labute approximate surface area is 110 Å². The van der Waals surface area contributed by atoms with Gasteiger partial charge in [-0.05, 0) is 23.8 Å². The van der Waals surface area contributed by atoms with Gasteiger partial charge >= 0.3 is 5.97 Å². The van der Waals surface area contributed by atoms with E-state index in [1.807, 2.05) is 18.2 Å². The maximum Gasteiger partial charge on any atom is 0.371 e. The number of benzene rings is 1. The summed E-state index contributed by atoms with van der Waals surface area (Å²) in [4.78, 5) is 13.2. The Hall–Kier alpha value is -1.85. The van der Waals surface area contributed by atoms with Crippen LogP contribution < -0.4 is 5.32 Å². The number of hydrogen-bond acceptors (Lipinski definition) is 4. The van der Waals surface area contributed by atoms with Crippen molar-refractivity contribution in [3.8, 4) is 0 Å². The van der Waals surface area contributed by atoms with E-state index in [0.29, 0.717) is 5.58 Å². The number of carbonyl (C=O) groups is 1. The van der Waals surface area contributed by atoms with Gasteiger partial charge in [0.2, 0.25) is 5.76 Å². The molecule has 1 aliphatic rings. The Bertz CT molecular complexity index is 600. The van der Waals surface area contributed by atoms with Crippen LogP contribution in [0.4, 0.5) is 0 Å². The summed E-state index contributed by atoms with van der Waals surface area (Å²) in [7, 11) is 0. The lowest BCUT2D eigenvalue weighted by molar-refractivity contribution is 0.0665. The third-order valence-electron chi connectivity index (χ3n) is 3.41. The molecule has 0 atom stereocenters. The van der Waals surface area contributed by atoms with Gasteiger partial charge in [-0.3, -0.25) is 4.90 Å². The van der Waals surface area contributed by atoms with Gasteiger partial charge < -0.3 is 14.8 Å². The highest BCUT2D eigenvalue weighted by atomic mass is 16.4. The highest BCUT2D eigenvalue weighted by molar-refractivity contribution is 5.91. The van der Waals surface area contributed by atoms with Crippen molar-refractivity contribution < 1.29 is 14.3 Å². The first kappa shape index (κ1) is 12.2. The molecule has 0 bridgehead atoms. The van der Waals surface area contributed by atoms with Crippen LogP contribution in [0.25, 0.3) is 11.0 Å². The topological polar surface area (TPSA) is 65.7 Å². The van der Waals surface area contributed by atoms with Crippen LogP contribution in [0.2, 0.25) is 0 Å². The molecule has 0 spiro atoms. The fourth-order valence-electron chi connectivity index (χ4n) is 2.42. The van der Waals surface area contributed by atoms with Crippen LogP contribution in [0.5, 0.6) is 0 Å². The third-order valence-corrected chi connectivity index (χ3v) is 3.41. The second-order valence-electron chi connectivity index (χ2n) is 4.81. The number of aromatic carboxylic acids is 1. The molecule has 0 unspecified atom stereocenters. The fraction of sp³-hybridized carbons (Fsp3) is 0.357. The van der Waals surface area contributed by atoms with Crippen LogP contribution in [0.15, 0.2) is 28.7 Å². The quantitative estimate of drug-likeness (QED) is 0.876. The first-order valence-electron chi connectivity index (χ1n) is 6.41. The van der Waals surface area contributed by atoms with Gasteiger partial charge in [0, 0.05) is 38.1 Å². The lowest BCUT2D eigenvalue weighted by Gasteiger charge is -2.27. The van der Waals surface area contributed by atoms with E-state index in [0.717, 1.165) is 38.1 Å². The van der Waals surface area contributed by atoms with Crippen LogP contribution >= 0.6 is 0 Å². The number of rotatable bonds is 3. The van der Waals surface area contributed by atoms with Crippen molar-refractivity contribution in [3.63, 3.8) is 0 Å². The Morgan fingerprint density at radius 3 is 2.84 bits per heavy atom. The molecular weight excluding hydrogens is 244 g/mol. The molecule has 0 radical (unpaired) electrons. The molecule has 19 heavy (non-hydrogen) atoms. The zero-order valence-electron chi connectivity index (χ0n) is 10.6. The van der Waals surface area contributed by atoms with Crippen LogP contribution in [0.1, 0.15) is 16.1 Å². The Kier molecular flexibility index (Phi) is 3.23. The van der Waals surface area contributed by atoms with E-state index in [9.17, 15) is 4.79 Å². The summed E-state index contributed by atoms with van der Waals surface area (Å²) in [5.41, 5.74) is 1.81. The fourth-order valence-corrected chi connectivity index (χ4v) is 2.42. The van der Waals surface area contributed by atoms with Crippen molar-refractivity contribution in [2.24, 2.45) is 0 Å². The highest BCUT2D eigenvalue weighted by Crippen LogP contribution is 2.21. The van der Waals surface area contributed by atoms with E-state index in [4.69, 9.17) is 9.52 Å². The van der Waals surface area contributed by atoms with Gasteiger partial charge in [0.25, 0.3) is 0 Å². The molecule has 1 fully saturated rings. The van der Waals surface area contributed by atoms with Crippen molar-refractivity contribution in [3.05, 3.63) is 35.6 Å². The minimum absolute atomic E-state index is 0.00526. The van der Waals surface area contributed by atoms with E-state index >= 15 is 0 Å². The molecule has 2 aromatic rings. The molecule has 1 aromatic carbocycles. The summed E-state index contributed by atoms with van der Waals surface area (Å²) < 4.78 is 5.25. The molecule has 5 nitrogen and oxygen atoms in total. The predicted molar refractivity (Wildman–Crippen MR) is 71.3 cm³/mol. The minimum Gasteiger partial charge on any atom is -0.475 e. The van der Waals surface area contributed by atoms with E-state index < -0.39 is 5.97 Å². The molecule has 5 heteroatoms. The van der Waals surface area contributed by atoms with Crippen molar-refractivity contribution in [1.82, 2.24) is 10.2 Å². The summed E-state index contributed by atoms with van der Waals surface area (Å²) in [5.74, 6) is -1.03. The van der Waals surface area contributed by atoms with Gasteiger partial charge in [0.15, 0.2) is 0 Å². The lowest BCUT2D eigenvalue weighted by Crippen LogP contribution is -2.42. The van der Waals surface area contributed by atoms with Gasteiger partial charge in [-0.2, -0.15) is 0 Å². The van der Waals surface area contributed by atoms with Crippen LogP contribution in [-0.4, -0.2) is 42.2 Å². The Morgan fingerprint density at radius 1 is 1.32 bits per heavy atom. The molecule has 100 valence electrons. The van der Waals surface area contributed by atoms with Crippen molar-refractivity contribution in [1.29, 1.82) is 0 Å². The van der Waals surface area contributed by atoms with Crippen molar-refractivity contribution >= 4 is 16.9 Å². The summed E-state index contributed by atoms with van der Waals surface area (Å²) in [6.45, 7) is 5.03. The zero-order chi connectivity index (χ0) is 13.2. The summed E-state index contributed by atoms with van der Waals surface area (Å²) in [5, 5.41) is 13.1. The lowest BCUT2D eigenvalue weighted by atomic mass is 10.1. The number of furan rings is 1. The average Bonchev–Trinajstić information content (AvgIpc) is 2.83. The third kappa shape index (κ3) is 2.62. The predicted octanol–water partition coefficient (Wildman–Crippen LogP) is 1.54. The molecule has 0 saturated carbocycles. The maximum atomic E-state index is 10.9. The number of fused-ring (bicyclic) bond motifs is 1.